The first-order chi connectivity index (χ1) is 9.02. The summed E-state index contributed by atoms with van der Waals surface area (Å²) >= 11 is 0. The third kappa shape index (κ3) is 2.75. The molecule has 3 atom stereocenters. The predicted molar refractivity (Wildman–Crippen MR) is 69.9 cm³/mol. The van der Waals surface area contributed by atoms with Gasteiger partial charge >= 0.3 is 0 Å². The Morgan fingerprint density at radius 1 is 1.32 bits per heavy atom. The maximum absolute atomic E-state index is 11.8. The Morgan fingerprint density at radius 2 is 1.95 bits per heavy atom. The Morgan fingerprint density at radius 3 is 2.47 bits per heavy atom. The standard InChI is InChI=1S/C14H17NO4/c1-9-7-13(15(17)18)12(8-14(9)16)10-3-5-11(19-2)6-4-10/h3-6,9,12-13H,7-8H2,1-2H3/t9-,12-,13+/m1/s1. The van der Waals surface area contributed by atoms with Gasteiger partial charge in [-0.15, -0.1) is 0 Å². The number of ketones is 1. The molecule has 2 rings (SSSR count). The predicted octanol–water partition coefficient (Wildman–Crippen LogP) is 2.42. The van der Waals surface area contributed by atoms with E-state index in [4.69, 9.17) is 4.74 Å². The van der Waals surface area contributed by atoms with Crippen molar-refractivity contribution >= 4 is 5.78 Å². The fourth-order valence-electron chi connectivity index (χ4n) is 2.64. The number of Topliss-reactive ketones (excluding diaryl/α,β-unsaturated/α-hetero) is 1. The zero-order valence-electron chi connectivity index (χ0n) is 11.0. The van der Waals surface area contributed by atoms with Crippen molar-refractivity contribution < 1.29 is 14.5 Å². The van der Waals surface area contributed by atoms with Crippen LogP contribution in [0.15, 0.2) is 24.3 Å². The Kier molecular flexibility index (Phi) is 3.83. The molecule has 19 heavy (non-hydrogen) atoms. The van der Waals surface area contributed by atoms with Crippen molar-refractivity contribution in [2.45, 2.75) is 31.7 Å². The molecule has 5 heteroatoms. The Bertz CT molecular complexity index is 483. The number of rotatable bonds is 3. The van der Waals surface area contributed by atoms with Gasteiger partial charge in [0.25, 0.3) is 0 Å². The van der Waals surface area contributed by atoms with Crippen molar-refractivity contribution in [2.24, 2.45) is 5.92 Å². The van der Waals surface area contributed by atoms with Gasteiger partial charge in [0, 0.05) is 23.7 Å². The average Bonchev–Trinajstić information content (AvgIpc) is 2.41. The average molecular weight is 263 g/mol. The van der Waals surface area contributed by atoms with E-state index < -0.39 is 6.04 Å². The van der Waals surface area contributed by atoms with Crippen LogP contribution in [0.25, 0.3) is 0 Å². The summed E-state index contributed by atoms with van der Waals surface area (Å²) in [7, 11) is 1.57. The van der Waals surface area contributed by atoms with E-state index in [9.17, 15) is 14.9 Å². The van der Waals surface area contributed by atoms with Crippen LogP contribution in [0.2, 0.25) is 0 Å². The SMILES string of the molecule is COc1ccc([C@H]2CC(=O)[C@H](C)C[C@@H]2[N+](=O)[O-])cc1. The minimum Gasteiger partial charge on any atom is -0.497 e. The zero-order valence-corrected chi connectivity index (χ0v) is 11.0. The molecule has 1 fully saturated rings. The van der Waals surface area contributed by atoms with Crippen molar-refractivity contribution in [1.82, 2.24) is 0 Å². The molecule has 1 aliphatic rings. The molecular weight excluding hydrogens is 246 g/mol. The number of nitrogens with zero attached hydrogens (tertiary/aromatic N) is 1. The van der Waals surface area contributed by atoms with Crippen LogP contribution in [0.1, 0.15) is 31.2 Å². The summed E-state index contributed by atoms with van der Waals surface area (Å²) in [5.41, 5.74) is 0.836. The summed E-state index contributed by atoms with van der Waals surface area (Å²) in [6, 6.07) is 6.48. The number of carbonyl (C=O) groups excluding carboxylic acids is 1. The number of benzene rings is 1. The first kappa shape index (κ1) is 13.5. The maximum Gasteiger partial charge on any atom is 0.221 e. The first-order valence-corrected chi connectivity index (χ1v) is 6.33. The van der Waals surface area contributed by atoms with Crippen LogP contribution in [0.3, 0.4) is 0 Å². The van der Waals surface area contributed by atoms with Crippen molar-refractivity contribution in [3.63, 3.8) is 0 Å². The molecule has 0 aliphatic heterocycles. The van der Waals surface area contributed by atoms with Gasteiger partial charge in [0.2, 0.25) is 6.04 Å². The number of methoxy groups -OCH3 is 1. The molecule has 0 radical (unpaired) electrons. The Hall–Kier alpha value is -1.91. The highest BCUT2D eigenvalue weighted by Gasteiger charge is 2.41. The Balaban J connectivity index is 2.28. The van der Waals surface area contributed by atoms with Crippen LogP contribution >= 0.6 is 0 Å². The van der Waals surface area contributed by atoms with E-state index in [0.29, 0.717) is 12.2 Å². The van der Waals surface area contributed by atoms with Gasteiger partial charge in [-0.05, 0) is 17.7 Å². The second-order valence-electron chi connectivity index (χ2n) is 5.04. The third-order valence-corrected chi connectivity index (χ3v) is 3.84. The van der Waals surface area contributed by atoms with Crippen LogP contribution in [0.4, 0.5) is 0 Å². The smallest absolute Gasteiger partial charge is 0.221 e. The minimum absolute atomic E-state index is 0.110. The third-order valence-electron chi connectivity index (χ3n) is 3.84. The molecule has 0 bridgehead atoms. The van der Waals surface area contributed by atoms with Gasteiger partial charge in [-0.25, -0.2) is 0 Å². The molecular formula is C14H17NO4. The monoisotopic (exact) mass is 263 g/mol. The van der Waals surface area contributed by atoms with Crippen LogP contribution in [0, 0.1) is 16.0 Å². The summed E-state index contributed by atoms with van der Waals surface area (Å²) in [5.74, 6) is 0.269. The molecule has 1 aromatic carbocycles. The molecule has 0 spiro atoms. The quantitative estimate of drug-likeness (QED) is 0.620. The van der Waals surface area contributed by atoms with Crippen LogP contribution in [0.5, 0.6) is 5.75 Å². The molecule has 0 heterocycles. The van der Waals surface area contributed by atoms with Crippen molar-refractivity contribution in [2.75, 3.05) is 7.11 Å². The molecule has 0 saturated heterocycles. The van der Waals surface area contributed by atoms with E-state index in [1.807, 2.05) is 12.1 Å². The van der Waals surface area contributed by atoms with Crippen molar-refractivity contribution in [3.8, 4) is 5.75 Å². The normalized spacial score (nSPS) is 27.1. The summed E-state index contributed by atoms with van der Waals surface area (Å²) < 4.78 is 5.07. The van der Waals surface area contributed by atoms with Gasteiger partial charge in [0.15, 0.2) is 0 Å². The van der Waals surface area contributed by atoms with Gasteiger partial charge in [-0.1, -0.05) is 19.1 Å². The lowest BCUT2D eigenvalue weighted by molar-refractivity contribution is -0.529. The highest BCUT2D eigenvalue weighted by atomic mass is 16.6. The van der Waals surface area contributed by atoms with Crippen LogP contribution in [-0.2, 0) is 4.79 Å². The molecule has 1 saturated carbocycles. The molecule has 102 valence electrons. The lowest BCUT2D eigenvalue weighted by Gasteiger charge is -2.28. The van der Waals surface area contributed by atoms with E-state index in [2.05, 4.69) is 0 Å². The summed E-state index contributed by atoms with van der Waals surface area (Å²) in [4.78, 5) is 22.8. The van der Waals surface area contributed by atoms with Gasteiger partial charge < -0.3 is 4.74 Å². The molecule has 1 aromatic rings. The highest BCUT2D eigenvalue weighted by Crippen LogP contribution is 2.36. The van der Waals surface area contributed by atoms with Gasteiger partial charge in [0.1, 0.15) is 11.5 Å². The second kappa shape index (κ2) is 5.38. The molecule has 0 N–H and O–H groups in total. The highest BCUT2D eigenvalue weighted by molar-refractivity contribution is 5.82. The zero-order chi connectivity index (χ0) is 14.0. The van der Waals surface area contributed by atoms with E-state index in [-0.39, 0.29) is 29.0 Å². The van der Waals surface area contributed by atoms with E-state index in [1.54, 1.807) is 26.2 Å². The molecule has 0 amide bonds. The van der Waals surface area contributed by atoms with Crippen molar-refractivity contribution in [3.05, 3.63) is 39.9 Å². The van der Waals surface area contributed by atoms with E-state index in [1.165, 1.54) is 0 Å². The van der Waals surface area contributed by atoms with Crippen molar-refractivity contribution in [1.29, 1.82) is 0 Å². The van der Waals surface area contributed by atoms with Gasteiger partial charge in [-0.2, -0.15) is 0 Å². The number of carbonyl (C=O) groups is 1. The van der Waals surface area contributed by atoms with E-state index >= 15 is 0 Å². The topological polar surface area (TPSA) is 69.4 Å². The molecule has 0 unspecified atom stereocenters. The molecule has 0 aromatic heterocycles. The van der Waals surface area contributed by atoms with Crippen LogP contribution in [-0.4, -0.2) is 23.9 Å². The number of hydrogen-bond acceptors (Lipinski definition) is 4. The fourth-order valence-corrected chi connectivity index (χ4v) is 2.64. The summed E-state index contributed by atoms with van der Waals surface area (Å²) in [5, 5.41) is 11.2. The first-order valence-electron chi connectivity index (χ1n) is 6.33. The van der Waals surface area contributed by atoms with Crippen LogP contribution < -0.4 is 4.74 Å². The van der Waals surface area contributed by atoms with Gasteiger partial charge in [-0.3, -0.25) is 14.9 Å². The number of nitro groups is 1. The molecule has 5 nitrogen and oxygen atoms in total. The maximum atomic E-state index is 11.8. The van der Waals surface area contributed by atoms with E-state index in [0.717, 1.165) is 5.56 Å². The largest absolute Gasteiger partial charge is 0.497 e. The minimum atomic E-state index is -0.680. The lowest BCUT2D eigenvalue weighted by atomic mass is 9.75. The lowest BCUT2D eigenvalue weighted by Crippen LogP contribution is -2.38. The number of ether oxygens (including phenoxy) is 1. The molecule has 1 aliphatic carbocycles. The van der Waals surface area contributed by atoms with Gasteiger partial charge in [0.05, 0.1) is 13.0 Å². The summed E-state index contributed by atoms with van der Waals surface area (Å²) in [6.45, 7) is 1.77. The second-order valence-corrected chi connectivity index (χ2v) is 5.04. The number of hydrogen-bond donors (Lipinski definition) is 0. The summed E-state index contributed by atoms with van der Waals surface area (Å²) in [6.07, 6.45) is 0.571. The Labute approximate surface area is 111 Å². The fraction of sp³-hybridized carbons (Fsp3) is 0.500.